The molecule has 7 nitrogen and oxygen atoms in total. The predicted molar refractivity (Wildman–Crippen MR) is 73.0 cm³/mol. The van der Waals surface area contributed by atoms with E-state index in [1.54, 1.807) is 17.9 Å². The summed E-state index contributed by atoms with van der Waals surface area (Å²) in [7, 11) is 1.75. The molecular formula is C13H22N4O3. The molecule has 112 valence electrons. The molecule has 0 aliphatic rings. The van der Waals surface area contributed by atoms with Crippen LogP contribution in [0, 0.1) is 5.92 Å². The minimum absolute atomic E-state index is 0.0466. The van der Waals surface area contributed by atoms with Crippen LogP contribution in [0.15, 0.2) is 6.20 Å². The maximum absolute atomic E-state index is 11.6. The number of nitrogens with zero attached hydrogens (tertiary/aromatic N) is 3. The highest BCUT2D eigenvalue weighted by molar-refractivity contribution is 5.80. The topological polar surface area (TPSA) is 86.1 Å². The molecule has 0 spiro atoms. The fourth-order valence-electron chi connectivity index (χ4n) is 1.53. The van der Waals surface area contributed by atoms with Crippen molar-refractivity contribution in [2.75, 3.05) is 19.8 Å². The fraction of sp³-hybridized carbons (Fsp3) is 0.692. The van der Waals surface area contributed by atoms with Gasteiger partial charge in [-0.1, -0.05) is 19.1 Å². The van der Waals surface area contributed by atoms with Crippen LogP contribution in [0.25, 0.3) is 0 Å². The minimum atomic E-state index is -0.118. The van der Waals surface area contributed by atoms with E-state index in [1.807, 2.05) is 13.8 Å². The largest absolute Gasteiger partial charge is 0.379 e. The third-order valence-corrected chi connectivity index (χ3v) is 2.70. The van der Waals surface area contributed by atoms with Crippen molar-refractivity contribution in [3.05, 3.63) is 11.9 Å². The van der Waals surface area contributed by atoms with Crippen molar-refractivity contribution in [2.24, 2.45) is 13.0 Å². The summed E-state index contributed by atoms with van der Waals surface area (Å²) in [4.78, 5) is 22.9. The Balaban J connectivity index is 2.04. The SMILES string of the molecule is CC(C)C(=O)CCOCCNC(=O)Cc1cn(C)nn1. The summed E-state index contributed by atoms with van der Waals surface area (Å²) >= 11 is 0. The van der Waals surface area contributed by atoms with Crippen molar-refractivity contribution in [3.63, 3.8) is 0 Å². The molecule has 1 aromatic rings. The molecule has 7 heteroatoms. The summed E-state index contributed by atoms with van der Waals surface area (Å²) in [6.07, 6.45) is 2.33. The van der Waals surface area contributed by atoms with E-state index in [0.717, 1.165) is 0 Å². The van der Waals surface area contributed by atoms with Crippen LogP contribution in [-0.2, 0) is 27.8 Å². The van der Waals surface area contributed by atoms with Crippen LogP contribution in [0.3, 0.4) is 0 Å². The average molecular weight is 282 g/mol. The van der Waals surface area contributed by atoms with Crippen molar-refractivity contribution in [2.45, 2.75) is 26.7 Å². The first-order valence-corrected chi connectivity index (χ1v) is 6.71. The number of ketones is 1. The molecule has 0 aromatic carbocycles. The quantitative estimate of drug-likeness (QED) is 0.649. The van der Waals surface area contributed by atoms with E-state index >= 15 is 0 Å². The Labute approximate surface area is 118 Å². The van der Waals surface area contributed by atoms with Crippen molar-refractivity contribution in [3.8, 4) is 0 Å². The normalized spacial score (nSPS) is 10.8. The van der Waals surface area contributed by atoms with Gasteiger partial charge in [0.2, 0.25) is 5.91 Å². The van der Waals surface area contributed by atoms with E-state index in [0.29, 0.717) is 31.9 Å². The van der Waals surface area contributed by atoms with E-state index in [2.05, 4.69) is 15.6 Å². The molecule has 0 saturated heterocycles. The number of amides is 1. The second kappa shape index (κ2) is 8.42. The first-order valence-electron chi connectivity index (χ1n) is 6.71. The molecule has 0 fully saturated rings. The van der Waals surface area contributed by atoms with Gasteiger partial charge >= 0.3 is 0 Å². The van der Waals surface area contributed by atoms with Crippen LogP contribution in [-0.4, -0.2) is 46.4 Å². The van der Waals surface area contributed by atoms with Gasteiger partial charge in [-0.15, -0.1) is 5.10 Å². The van der Waals surface area contributed by atoms with Crippen molar-refractivity contribution in [1.29, 1.82) is 0 Å². The Morgan fingerprint density at radius 1 is 1.40 bits per heavy atom. The summed E-state index contributed by atoms with van der Waals surface area (Å²) in [6, 6.07) is 0. The van der Waals surface area contributed by atoms with Gasteiger partial charge in [0, 0.05) is 32.1 Å². The highest BCUT2D eigenvalue weighted by atomic mass is 16.5. The number of hydrogen-bond donors (Lipinski definition) is 1. The van der Waals surface area contributed by atoms with E-state index < -0.39 is 0 Å². The van der Waals surface area contributed by atoms with Gasteiger partial charge in [-0.25, -0.2) is 0 Å². The van der Waals surface area contributed by atoms with E-state index in [9.17, 15) is 9.59 Å². The van der Waals surface area contributed by atoms with Gasteiger partial charge < -0.3 is 10.1 Å². The fourth-order valence-corrected chi connectivity index (χ4v) is 1.53. The van der Waals surface area contributed by atoms with Crippen LogP contribution in [0.1, 0.15) is 26.0 Å². The number of ether oxygens (including phenoxy) is 1. The Bertz CT molecular complexity index is 443. The highest BCUT2D eigenvalue weighted by Gasteiger charge is 2.07. The van der Waals surface area contributed by atoms with Crippen LogP contribution in [0.2, 0.25) is 0 Å². The Morgan fingerprint density at radius 2 is 2.15 bits per heavy atom. The molecule has 1 heterocycles. The first kappa shape index (κ1) is 16.3. The Morgan fingerprint density at radius 3 is 2.75 bits per heavy atom. The van der Waals surface area contributed by atoms with Crippen LogP contribution in [0.4, 0.5) is 0 Å². The number of carbonyl (C=O) groups excluding carboxylic acids is 2. The molecule has 0 aliphatic heterocycles. The number of aromatic nitrogens is 3. The van der Waals surface area contributed by atoms with Crippen LogP contribution < -0.4 is 5.32 Å². The summed E-state index contributed by atoms with van der Waals surface area (Å²) in [5.74, 6) is 0.120. The zero-order valence-electron chi connectivity index (χ0n) is 12.3. The molecule has 1 rings (SSSR count). The zero-order chi connectivity index (χ0) is 15.0. The summed E-state index contributed by atoms with van der Waals surface area (Å²) in [5.41, 5.74) is 0.633. The van der Waals surface area contributed by atoms with Crippen LogP contribution >= 0.6 is 0 Å². The molecule has 0 unspecified atom stereocenters. The summed E-state index contributed by atoms with van der Waals surface area (Å²) in [6.45, 7) is 4.97. The van der Waals surface area contributed by atoms with Gasteiger partial charge in [-0.3, -0.25) is 14.3 Å². The maximum atomic E-state index is 11.6. The lowest BCUT2D eigenvalue weighted by Crippen LogP contribution is -2.29. The average Bonchev–Trinajstić information content (AvgIpc) is 2.78. The second-order valence-corrected chi connectivity index (χ2v) is 4.89. The van der Waals surface area contributed by atoms with Gasteiger partial charge in [0.25, 0.3) is 0 Å². The second-order valence-electron chi connectivity index (χ2n) is 4.89. The summed E-state index contributed by atoms with van der Waals surface area (Å²) < 4.78 is 6.84. The van der Waals surface area contributed by atoms with Gasteiger partial charge in [0.15, 0.2) is 0 Å². The molecule has 1 N–H and O–H groups in total. The number of hydrogen-bond acceptors (Lipinski definition) is 5. The number of Topliss-reactive ketones (excluding diaryl/α,β-unsaturated/α-hetero) is 1. The number of carbonyl (C=O) groups is 2. The monoisotopic (exact) mass is 282 g/mol. The predicted octanol–water partition coefficient (Wildman–Crippen LogP) is 0.106. The molecule has 0 aliphatic carbocycles. The maximum Gasteiger partial charge on any atom is 0.226 e. The van der Waals surface area contributed by atoms with E-state index in [-0.39, 0.29) is 24.0 Å². The Kier molecular flexibility index (Phi) is 6.86. The van der Waals surface area contributed by atoms with Gasteiger partial charge in [-0.2, -0.15) is 0 Å². The number of nitrogens with one attached hydrogen (secondary N) is 1. The van der Waals surface area contributed by atoms with Crippen molar-refractivity contribution in [1.82, 2.24) is 20.3 Å². The summed E-state index contributed by atoms with van der Waals surface area (Å²) in [5, 5.41) is 10.3. The molecular weight excluding hydrogens is 260 g/mol. The lowest BCUT2D eigenvalue weighted by Gasteiger charge is -2.06. The van der Waals surface area contributed by atoms with Gasteiger partial charge in [0.1, 0.15) is 5.78 Å². The van der Waals surface area contributed by atoms with Crippen molar-refractivity contribution >= 4 is 11.7 Å². The van der Waals surface area contributed by atoms with Crippen LogP contribution in [0.5, 0.6) is 0 Å². The van der Waals surface area contributed by atoms with E-state index in [1.165, 1.54) is 0 Å². The zero-order valence-corrected chi connectivity index (χ0v) is 12.3. The van der Waals surface area contributed by atoms with E-state index in [4.69, 9.17) is 4.74 Å². The Hall–Kier alpha value is -1.76. The third kappa shape index (κ3) is 6.42. The molecule has 0 atom stereocenters. The van der Waals surface area contributed by atoms with Gasteiger partial charge in [-0.05, 0) is 0 Å². The number of rotatable bonds is 9. The first-order chi connectivity index (χ1) is 9.49. The molecule has 1 amide bonds. The van der Waals surface area contributed by atoms with Crippen molar-refractivity contribution < 1.29 is 14.3 Å². The third-order valence-electron chi connectivity index (χ3n) is 2.70. The molecule has 20 heavy (non-hydrogen) atoms. The standard InChI is InChI=1S/C13H22N4O3/c1-10(2)12(18)4-6-20-7-5-14-13(19)8-11-9-17(3)16-15-11/h9-10H,4-8H2,1-3H3,(H,14,19). The lowest BCUT2D eigenvalue weighted by molar-refractivity contribution is -0.123. The number of aryl methyl sites for hydroxylation is 1. The smallest absolute Gasteiger partial charge is 0.226 e. The molecule has 0 bridgehead atoms. The molecule has 0 radical (unpaired) electrons. The molecule has 1 aromatic heterocycles. The lowest BCUT2D eigenvalue weighted by atomic mass is 10.1. The highest BCUT2D eigenvalue weighted by Crippen LogP contribution is 1.98. The minimum Gasteiger partial charge on any atom is -0.379 e. The molecule has 0 saturated carbocycles. The van der Waals surface area contributed by atoms with Gasteiger partial charge in [0.05, 0.1) is 25.3 Å².